The van der Waals surface area contributed by atoms with Crippen LogP contribution in [0.2, 0.25) is 0 Å². The van der Waals surface area contributed by atoms with E-state index < -0.39 is 18.2 Å². The molecule has 3 unspecified atom stereocenters. The lowest BCUT2D eigenvalue weighted by Gasteiger charge is -2.24. The van der Waals surface area contributed by atoms with E-state index in [1.165, 1.54) is 180 Å². The first-order valence-electron chi connectivity index (χ1n) is 26.4. The number of aliphatic hydroxyl groups excluding tert-OH is 2. The van der Waals surface area contributed by atoms with E-state index in [-0.39, 0.29) is 24.9 Å². The number of allylic oxidation sites excluding steroid dienone is 2. The average molecular weight is 834 g/mol. The van der Waals surface area contributed by atoms with Gasteiger partial charge in [0.15, 0.2) is 0 Å². The standard InChI is InChI=1S/C53H103NO5/c1-4-7-10-13-16-19-21-23-25-26-28-30-32-34-37-40-43-46-53(58)59-49(44-41-38-35-18-15-12-9-6-3)47-52(57)54-50(48-55)51(56)45-42-39-36-33-31-29-27-24-22-20-17-14-11-8-5-2/h12,15,49-51,55-56H,4-11,13-14,16-48H2,1-3H3,(H,54,57)/b15-12-. The number of carbonyl (C=O) groups is 2. The zero-order valence-electron chi connectivity index (χ0n) is 39.9. The number of carbonyl (C=O) groups excluding carboxylic acids is 2. The van der Waals surface area contributed by atoms with E-state index in [1.807, 2.05) is 0 Å². The molecule has 0 saturated heterocycles. The van der Waals surface area contributed by atoms with Crippen molar-refractivity contribution >= 4 is 11.9 Å². The Kier molecular flexibility index (Phi) is 46.5. The highest BCUT2D eigenvalue weighted by Crippen LogP contribution is 2.18. The van der Waals surface area contributed by atoms with E-state index in [0.717, 1.165) is 64.2 Å². The van der Waals surface area contributed by atoms with Crippen molar-refractivity contribution in [1.82, 2.24) is 5.32 Å². The highest BCUT2D eigenvalue weighted by atomic mass is 16.5. The number of amides is 1. The highest BCUT2D eigenvalue weighted by molar-refractivity contribution is 5.77. The number of aliphatic hydroxyl groups is 2. The second kappa shape index (κ2) is 47.6. The summed E-state index contributed by atoms with van der Waals surface area (Å²) in [6.07, 6.45) is 52.9. The van der Waals surface area contributed by atoms with Crippen molar-refractivity contribution < 1.29 is 24.5 Å². The first-order chi connectivity index (χ1) is 29.0. The SMILES string of the molecule is CCC/C=C\CCCCCC(CC(=O)NC(CO)C(O)CCCCCCCCCCCCCCCCC)OC(=O)CCCCCCCCCCCCCCCCCCC. The Labute approximate surface area is 368 Å². The van der Waals surface area contributed by atoms with Gasteiger partial charge < -0.3 is 20.3 Å². The van der Waals surface area contributed by atoms with Crippen molar-refractivity contribution in [2.75, 3.05) is 6.61 Å². The van der Waals surface area contributed by atoms with Gasteiger partial charge in [0, 0.05) is 6.42 Å². The molecule has 0 aliphatic rings. The Hall–Kier alpha value is -1.40. The van der Waals surface area contributed by atoms with E-state index in [2.05, 4.69) is 38.2 Å². The van der Waals surface area contributed by atoms with E-state index in [1.54, 1.807) is 0 Å². The summed E-state index contributed by atoms with van der Waals surface area (Å²) in [4.78, 5) is 26.0. The van der Waals surface area contributed by atoms with Crippen molar-refractivity contribution in [3.63, 3.8) is 0 Å². The Balaban J connectivity index is 4.34. The normalized spacial score (nSPS) is 13.2. The van der Waals surface area contributed by atoms with Crippen molar-refractivity contribution in [3.05, 3.63) is 12.2 Å². The number of rotatable bonds is 48. The molecule has 3 atom stereocenters. The fourth-order valence-corrected chi connectivity index (χ4v) is 8.32. The Bertz CT molecular complexity index is 893. The Morgan fingerprint density at radius 2 is 0.847 bits per heavy atom. The van der Waals surface area contributed by atoms with Gasteiger partial charge in [-0.15, -0.1) is 0 Å². The largest absolute Gasteiger partial charge is 0.462 e. The minimum atomic E-state index is -0.785. The van der Waals surface area contributed by atoms with Crippen LogP contribution in [-0.2, 0) is 14.3 Å². The molecule has 6 nitrogen and oxygen atoms in total. The summed E-state index contributed by atoms with van der Waals surface area (Å²) in [6, 6.07) is -0.699. The molecule has 0 bridgehead atoms. The monoisotopic (exact) mass is 834 g/mol. The molecule has 0 fully saturated rings. The molecule has 0 rings (SSSR count). The molecule has 6 heteroatoms. The number of ether oxygens (including phenoxy) is 1. The number of unbranched alkanes of at least 4 members (excludes halogenated alkanes) is 34. The molecule has 0 radical (unpaired) electrons. The third-order valence-corrected chi connectivity index (χ3v) is 12.3. The van der Waals surface area contributed by atoms with Gasteiger partial charge in [-0.3, -0.25) is 9.59 Å². The quantitative estimate of drug-likeness (QED) is 0.0322. The van der Waals surface area contributed by atoms with Gasteiger partial charge in [0.2, 0.25) is 5.91 Å². The molecule has 0 heterocycles. The minimum absolute atomic E-state index is 0.0728. The third-order valence-electron chi connectivity index (χ3n) is 12.3. The molecule has 1 amide bonds. The molecular weight excluding hydrogens is 731 g/mol. The fraction of sp³-hybridized carbons (Fsp3) is 0.925. The van der Waals surface area contributed by atoms with Gasteiger partial charge >= 0.3 is 5.97 Å². The van der Waals surface area contributed by atoms with Crippen LogP contribution in [0.25, 0.3) is 0 Å². The lowest BCUT2D eigenvalue weighted by molar-refractivity contribution is -0.151. The van der Waals surface area contributed by atoms with E-state index in [9.17, 15) is 19.8 Å². The van der Waals surface area contributed by atoms with Crippen molar-refractivity contribution in [2.45, 2.75) is 309 Å². The van der Waals surface area contributed by atoms with E-state index in [4.69, 9.17) is 4.74 Å². The number of hydrogen-bond acceptors (Lipinski definition) is 5. The van der Waals surface area contributed by atoms with Gasteiger partial charge in [-0.1, -0.05) is 245 Å². The topological polar surface area (TPSA) is 95.9 Å². The minimum Gasteiger partial charge on any atom is -0.462 e. The summed E-state index contributed by atoms with van der Waals surface area (Å²) < 4.78 is 5.91. The lowest BCUT2D eigenvalue weighted by atomic mass is 10.0. The number of esters is 1. The maximum absolute atomic E-state index is 13.1. The molecule has 0 spiro atoms. The Morgan fingerprint density at radius 1 is 0.475 bits per heavy atom. The van der Waals surface area contributed by atoms with Gasteiger partial charge in [-0.25, -0.2) is 0 Å². The highest BCUT2D eigenvalue weighted by Gasteiger charge is 2.24. The molecule has 0 aliphatic heterocycles. The first-order valence-corrected chi connectivity index (χ1v) is 26.4. The van der Waals surface area contributed by atoms with Crippen LogP contribution in [0.1, 0.15) is 290 Å². The maximum Gasteiger partial charge on any atom is 0.306 e. The van der Waals surface area contributed by atoms with Crippen LogP contribution in [0.15, 0.2) is 12.2 Å². The first kappa shape index (κ1) is 57.6. The molecule has 0 aromatic carbocycles. The lowest BCUT2D eigenvalue weighted by Crippen LogP contribution is -2.46. The zero-order chi connectivity index (χ0) is 43.1. The Morgan fingerprint density at radius 3 is 1.27 bits per heavy atom. The van der Waals surface area contributed by atoms with E-state index in [0.29, 0.717) is 19.3 Å². The summed E-state index contributed by atoms with van der Waals surface area (Å²) >= 11 is 0. The van der Waals surface area contributed by atoms with Crippen molar-refractivity contribution in [2.24, 2.45) is 0 Å². The van der Waals surface area contributed by atoms with E-state index >= 15 is 0 Å². The van der Waals surface area contributed by atoms with Gasteiger partial charge in [0.1, 0.15) is 6.10 Å². The van der Waals surface area contributed by atoms with Crippen LogP contribution < -0.4 is 5.32 Å². The van der Waals surface area contributed by atoms with Crippen LogP contribution in [0.3, 0.4) is 0 Å². The van der Waals surface area contributed by atoms with Gasteiger partial charge in [0.05, 0.1) is 25.2 Å². The number of hydrogen-bond donors (Lipinski definition) is 3. The molecular formula is C53H103NO5. The van der Waals surface area contributed by atoms with Gasteiger partial charge in [-0.2, -0.15) is 0 Å². The molecule has 59 heavy (non-hydrogen) atoms. The van der Waals surface area contributed by atoms with Crippen LogP contribution in [0, 0.1) is 0 Å². The molecule has 0 aliphatic carbocycles. The van der Waals surface area contributed by atoms with Gasteiger partial charge in [-0.05, 0) is 44.9 Å². The van der Waals surface area contributed by atoms with Gasteiger partial charge in [0.25, 0.3) is 0 Å². The maximum atomic E-state index is 13.1. The average Bonchev–Trinajstić information content (AvgIpc) is 3.23. The molecule has 3 N–H and O–H groups in total. The van der Waals surface area contributed by atoms with Crippen LogP contribution >= 0.6 is 0 Å². The number of nitrogens with one attached hydrogen (secondary N) is 1. The van der Waals surface area contributed by atoms with Crippen molar-refractivity contribution in [1.29, 1.82) is 0 Å². The fourth-order valence-electron chi connectivity index (χ4n) is 8.32. The predicted molar refractivity (Wildman–Crippen MR) is 255 cm³/mol. The summed E-state index contributed by atoms with van der Waals surface area (Å²) in [5, 5.41) is 23.7. The molecule has 0 saturated carbocycles. The summed E-state index contributed by atoms with van der Waals surface area (Å²) in [5.74, 6) is -0.476. The molecule has 350 valence electrons. The van der Waals surface area contributed by atoms with Crippen LogP contribution in [0.5, 0.6) is 0 Å². The van der Waals surface area contributed by atoms with Crippen LogP contribution in [0.4, 0.5) is 0 Å². The smallest absolute Gasteiger partial charge is 0.306 e. The van der Waals surface area contributed by atoms with Crippen LogP contribution in [-0.4, -0.2) is 46.9 Å². The molecule has 0 aromatic heterocycles. The second-order valence-electron chi connectivity index (χ2n) is 18.3. The summed E-state index contributed by atoms with van der Waals surface area (Å²) in [5.41, 5.74) is 0. The molecule has 0 aromatic rings. The predicted octanol–water partition coefficient (Wildman–Crippen LogP) is 15.7. The van der Waals surface area contributed by atoms with Crippen molar-refractivity contribution in [3.8, 4) is 0 Å². The summed E-state index contributed by atoms with van der Waals surface area (Å²) in [6.45, 7) is 6.44. The third kappa shape index (κ3) is 43.1. The summed E-state index contributed by atoms with van der Waals surface area (Å²) in [7, 11) is 0. The second-order valence-corrected chi connectivity index (χ2v) is 18.3. The zero-order valence-corrected chi connectivity index (χ0v) is 39.9.